The fraction of sp³-hybridized carbons (Fsp3) is 0.231. The summed E-state index contributed by atoms with van der Waals surface area (Å²) in [5.74, 6) is 0. The summed E-state index contributed by atoms with van der Waals surface area (Å²) in [5, 5.41) is 6.62. The van der Waals surface area contributed by atoms with Crippen LogP contribution in [0.1, 0.15) is 16.5 Å². The van der Waals surface area contributed by atoms with Gasteiger partial charge in [-0.2, -0.15) is 0 Å². The number of hydrogen-bond donors (Lipinski definition) is 1. The Hall–Kier alpha value is -0.540. The number of likely N-dealkylation sites (N-methyl/N-ethyl adjacent to an activating group) is 1. The molecule has 1 aromatic carbocycles. The third-order valence-electron chi connectivity index (χ3n) is 2.69. The van der Waals surface area contributed by atoms with Crippen molar-refractivity contribution in [2.75, 3.05) is 7.05 Å². The first-order valence-corrected chi connectivity index (χ1v) is 6.99. The minimum absolute atomic E-state index is 0.194. The molecule has 0 spiro atoms. The second-order valence-corrected chi connectivity index (χ2v) is 5.59. The van der Waals surface area contributed by atoms with Crippen molar-refractivity contribution in [3.05, 3.63) is 56.2 Å². The highest BCUT2D eigenvalue weighted by Crippen LogP contribution is 2.31. The van der Waals surface area contributed by atoms with Gasteiger partial charge in [-0.1, -0.05) is 41.4 Å². The van der Waals surface area contributed by atoms with E-state index in [0.29, 0.717) is 10.0 Å². The van der Waals surface area contributed by atoms with E-state index in [9.17, 15) is 0 Å². The molecule has 1 heterocycles. The van der Waals surface area contributed by atoms with Gasteiger partial charge >= 0.3 is 0 Å². The summed E-state index contributed by atoms with van der Waals surface area (Å²) in [6.45, 7) is 0. The van der Waals surface area contributed by atoms with Crippen LogP contribution in [0.25, 0.3) is 0 Å². The zero-order valence-corrected chi connectivity index (χ0v) is 11.7. The van der Waals surface area contributed by atoms with Crippen LogP contribution in [0.4, 0.5) is 0 Å². The maximum Gasteiger partial charge on any atom is 0.0640 e. The fourth-order valence-corrected chi connectivity index (χ4v) is 2.98. The molecular weight excluding hydrogens is 273 g/mol. The topological polar surface area (TPSA) is 12.0 Å². The van der Waals surface area contributed by atoms with Gasteiger partial charge < -0.3 is 5.32 Å². The highest BCUT2D eigenvalue weighted by molar-refractivity contribution is 7.09. The third-order valence-corrected chi connectivity index (χ3v) is 4.42. The van der Waals surface area contributed by atoms with Crippen molar-refractivity contribution in [3.63, 3.8) is 0 Å². The van der Waals surface area contributed by atoms with Crippen molar-refractivity contribution in [2.45, 2.75) is 12.5 Å². The molecule has 0 aliphatic carbocycles. The number of halogens is 2. The van der Waals surface area contributed by atoms with E-state index in [1.807, 2.05) is 25.2 Å². The van der Waals surface area contributed by atoms with E-state index in [0.717, 1.165) is 12.0 Å². The highest BCUT2D eigenvalue weighted by atomic mass is 35.5. The van der Waals surface area contributed by atoms with Crippen LogP contribution in [0.5, 0.6) is 0 Å². The largest absolute Gasteiger partial charge is 0.313 e. The molecule has 0 aliphatic rings. The summed E-state index contributed by atoms with van der Waals surface area (Å²) in [7, 11) is 1.94. The van der Waals surface area contributed by atoms with Gasteiger partial charge in [-0.25, -0.2) is 0 Å². The highest BCUT2D eigenvalue weighted by Gasteiger charge is 2.15. The minimum atomic E-state index is 0.194. The lowest BCUT2D eigenvalue weighted by Gasteiger charge is -2.17. The summed E-state index contributed by atoms with van der Waals surface area (Å²) >= 11 is 14.0. The van der Waals surface area contributed by atoms with Crippen LogP contribution in [0.2, 0.25) is 10.0 Å². The fourth-order valence-electron chi connectivity index (χ4n) is 1.79. The molecule has 0 fully saturated rings. The van der Waals surface area contributed by atoms with E-state index in [2.05, 4.69) is 22.8 Å². The van der Waals surface area contributed by atoms with E-state index >= 15 is 0 Å². The second-order valence-electron chi connectivity index (χ2n) is 3.77. The molecule has 2 aromatic rings. The molecule has 0 amide bonds. The van der Waals surface area contributed by atoms with Crippen LogP contribution < -0.4 is 5.32 Å². The summed E-state index contributed by atoms with van der Waals surface area (Å²) in [6, 6.07) is 10.1. The molecule has 1 nitrogen and oxygen atoms in total. The molecule has 90 valence electrons. The summed E-state index contributed by atoms with van der Waals surface area (Å²) in [6.07, 6.45) is 0.925. The summed E-state index contributed by atoms with van der Waals surface area (Å²) < 4.78 is 0. The van der Waals surface area contributed by atoms with Crippen molar-refractivity contribution < 1.29 is 0 Å². The molecule has 1 aromatic heterocycles. The van der Waals surface area contributed by atoms with Crippen LogP contribution in [0.3, 0.4) is 0 Å². The monoisotopic (exact) mass is 285 g/mol. The van der Waals surface area contributed by atoms with Crippen LogP contribution in [-0.4, -0.2) is 7.05 Å². The van der Waals surface area contributed by atoms with Crippen LogP contribution >= 0.6 is 34.5 Å². The van der Waals surface area contributed by atoms with Gasteiger partial charge in [0.15, 0.2) is 0 Å². The smallest absolute Gasteiger partial charge is 0.0640 e. The Morgan fingerprint density at radius 3 is 2.71 bits per heavy atom. The molecule has 1 N–H and O–H groups in total. The van der Waals surface area contributed by atoms with Gasteiger partial charge in [-0.3, -0.25) is 0 Å². The van der Waals surface area contributed by atoms with Gasteiger partial charge in [-0.15, -0.1) is 11.3 Å². The van der Waals surface area contributed by atoms with Gasteiger partial charge in [-0.05, 0) is 30.1 Å². The molecule has 4 heteroatoms. The Labute approximate surface area is 115 Å². The number of hydrogen-bond acceptors (Lipinski definition) is 2. The second kappa shape index (κ2) is 5.87. The maximum atomic E-state index is 6.24. The van der Waals surface area contributed by atoms with E-state index in [-0.39, 0.29) is 6.04 Å². The Morgan fingerprint density at radius 2 is 2.06 bits per heavy atom. The van der Waals surface area contributed by atoms with Crippen molar-refractivity contribution in [1.29, 1.82) is 0 Å². The van der Waals surface area contributed by atoms with Gasteiger partial charge in [0.1, 0.15) is 0 Å². The lowest BCUT2D eigenvalue weighted by atomic mass is 10.0. The molecule has 1 unspecified atom stereocenters. The van der Waals surface area contributed by atoms with Crippen LogP contribution in [0.15, 0.2) is 35.7 Å². The molecule has 17 heavy (non-hydrogen) atoms. The van der Waals surface area contributed by atoms with Crippen molar-refractivity contribution in [2.24, 2.45) is 0 Å². The van der Waals surface area contributed by atoms with Crippen molar-refractivity contribution in [1.82, 2.24) is 5.32 Å². The predicted octanol–water partition coefficient (Wildman–Crippen LogP) is 4.56. The number of thiophene rings is 1. The minimum Gasteiger partial charge on any atom is -0.313 e. The summed E-state index contributed by atoms with van der Waals surface area (Å²) in [4.78, 5) is 1.33. The molecule has 2 rings (SSSR count). The van der Waals surface area contributed by atoms with Crippen LogP contribution in [-0.2, 0) is 6.42 Å². The normalized spacial score (nSPS) is 12.6. The first kappa shape index (κ1) is 12.9. The molecule has 0 radical (unpaired) electrons. The average molecular weight is 286 g/mol. The quantitative estimate of drug-likeness (QED) is 0.869. The Morgan fingerprint density at radius 1 is 1.24 bits per heavy atom. The first-order chi connectivity index (χ1) is 8.22. The molecule has 0 saturated heterocycles. The lowest BCUT2D eigenvalue weighted by molar-refractivity contribution is 0.597. The Bertz CT molecular complexity index is 482. The lowest BCUT2D eigenvalue weighted by Crippen LogP contribution is -2.18. The molecule has 0 bridgehead atoms. The van der Waals surface area contributed by atoms with Crippen molar-refractivity contribution >= 4 is 34.5 Å². The molecule has 1 atom stereocenters. The Balaban J connectivity index is 2.26. The molecule has 0 saturated carbocycles. The number of nitrogens with one attached hydrogen (secondary N) is 1. The van der Waals surface area contributed by atoms with E-state index in [1.54, 1.807) is 11.3 Å². The average Bonchev–Trinajstić information content (AvgIpc) is 2.83. The van der Waals surface area contributed by atoms with Crippen LogP contribution in [0, 0.1) is 0 Å². The first-order valence-electron chi connectivity index (χ1n) is 5.36. The predicted molar refractivity (Wildman–Crippen MR) is 76.3 cm³/mol. The van der Waals surface area contributed by atoms with Gasteiger partial charge in [0, 0.05) is 17.3 Å². The van der Waals surface area contributed by atoms with E-state index in [1.165, 1.54) is 4.88 Å². The van der Waals surface area contributed by atoms with Gasteiger partial charge in [0.25, 0.3) is 0 Å². The zero-order valence-electron chi connectivity index (χ0n) is 9.41. The number of rotatable bonds is 4. The van der Waals surface area contributed by atoms with Gasteiger partial charge in [0.05, 0.1) is 10.0 Å². The maximum absolute atomic E-state index is 6.24. The van der Waals surface area contributed by atoms with Crippen molar-refractivity contribution in [3.8, 4) is 0 Å². The molecular formula is C13H13Cl2NS. The Kier molecular flexibility index (Phi) is 4.46. The molecule has 0 aliphatic heterocycles. The van der Waals surface area contributed by atoms with E-state index in [4.69, 9.17) is 23.2 Å². The zero-order chi connectivity index (χ0) is 12.3. The van der Waals surface area contributed by atoms with E-state index < -0.39 is 0 Å². The van der Waals surface area contributed by atoms with Gasteiger partial charge in [0.2, 0.25) is 0 Å². The summed E-state index contributed by atoms with van der Waals surface area (Å²) in [5.41, 5.74) is 1.05. The number of benzene rings is 1. The SMILES string of the molecule is CNC(Cc1cccs1)c1cccc(Cl)c1Cl. The standard InChI is InChI=1S/C13H13Cl2NS/c1-16-12(8-9-4-3-7-17-9)10-5-2-6-11(14)13(10)15/h2-7,12,16H,8H2,1H3. The third kappa shape index (κ3) is 3.02.